The number of carbonyl (C=O) groups is 4. The minimum Gasteiger partial charge on any atom is -0.480 e. The first kappa shape index (κ1) is 18.8. The number of aromatic nitrogens is 1. The summed E-state index contributed by atoms with van der Waals surface area (Å²) < 4.78 is 0. The van der Waals surface area contributed by atoms with Crippen molar-refractivity contribution >= 4 is 29.5 Å². The van der Waals surface area contributed by atoms with Crippen LogP contribution in [0.3, 0.4) is 0 Å². The molecule has 2 aliphatic heterocycles. The number of aliphatic carboxylic acids is 1. The number of anilines is 1. The van der Waals surface area contributed by atoms with E-state index in [2.05, 4.69) is 10.3 Å². The molecule has 3 rings (SSSR count). The van der Waals surface area contributed by atoms with Crippen LogP contribution in [-0.4, -0.2) is 63.4 Å². The third-order valence-corrected chi connectivity index (χ3v) is 4.99. The van der Waals surface area contributed by atoms with E-state index in [-0.39, 0.29) is 18.1 Å². The maximum Gasteiger partial charge on any atom is 0.326 e. The van der Waals surface area contributed by atoms with E-state index in [0.717, 1.165) is 0 Å². The molecule has 2 aliphatic rings. The molecule has 0 bridgehead atoms. The summed E-state index contributed by atoms with van der Waals surface area (Å²) in [4.78, 5) is 55.7. The third-order valence-electron chi connectivity index (χ3n) is 4.99. The van der Waals surface area contributed by atoms with Crippen molar-refractivity contribution in [1.29, 1.82) is 0 Å². The molecule has 0 radical (unpaired) electrons. The topological polar surface area (TPSA) is 120 Å². The highest BCUT2D eigenvalue weighted by molar-refractivity contribution is 6.05. The van der Waals surface area contributed by atoms with Crippen LogP contribution < -0.4 is 10.2 Å². The highest BCUT2D eigenvalue weighted by Gasteiger charge is 2.41. The van der Waals surface area contributed by atoms with Crippen molar-refractivity contribution in [1.82, 2.24) is 15.2 Å². The van der Waals surface area contributed by atoms with Gasteiger partial charge < -0.3 is 15.3 Å². The first-order chi connectivity index (χ1) is 12.9. The van der Waals surface area contributed by atoms with E-state index in [0.29, 0.717) is 25.8 Å². The van der Waals surface area contributed by atoms with Gasteiger partial charge in [0.1, 0.15) is 23.9 Å². The number of pyridine rings is 1. The van der Waals surface area contributed by atoms with E-state index in [1.165, 1.54) is 16.0 Å². The Morgan fingerprint density at radius 3 is 2.70 bits per heavy atom. The van der Waals surface area contributed by atoms with Crippen molar-refractivity contribution in [2.45, 2.75) is 50.7 Å². The molecule has 1 aromatic rings. The van der Waals surface area contributed by atoms with Crippen LogP contribution in [0.5, 0.6) is 0 Å². The third kappa shape index (κ3) is 3.76. The molecular formula is C18H22N4O5. The average Bonchev–Trinajstić information content (AvgIpc) is 3.31. The van der Waals surface area contributed by atoms with Crippen molar-refractivity contribution in [3.8, 4) is 0 Å². The lowest BCUT2D eigenvalue weighted by Crippen LogP contribution is -2.56. The fraction of sp³-hybridized carbons (Fsp3) is 0.500. The number of carboxylic acids is 1. The fourth-order valence-corrected chi connectivity index (χ4v) is 3.60. The van der Waals surface area contributed by atoms with Gasteiger partial charge in [0.05, 0.1) is 0 Å². The number of nitrogens with zero attached hydrogens (tertiary/aromatic N) is 3. The number of rotatable bonds is 5. The van der Waals surface area contributed by atoms with Gasteiger partial charge in [0.2, 0.25) is 11.8 Å². The number of nitrogens with one attached hydrogen (secondary N) is 1. The number of hydrogen-bond donors (Lipinski definition) is 2. The normalized spacial score (nSPS) is 23.0. The summed E-state index contributed by atoms with van der Waals surface area (Å²) in [6.07, 6.45) is 3.11. The summed E-state index contributed by atoms with van der Waals surface area (Å²) in [5.74, 6) is -1.84. The number of carbonyl (C=O) groups excluding carboxylic acids is 3. The molecule has 2 saturated heterocycles. The lowest BCUT2D eigenvalue weighted by Gasteiger charge is -2.33. The van der Waals surface area contributed by atoms with Gasteiger partial charge in [0, 0.05) is 19.2 Å². The SMILES string of the molecule is CC(C(=O)N1CCC[C@H]1C(=O)O)N(C(=O)[C@@H]1CCC(=O)N1)c1ccccn1. The van der Waals surface area contributed by atoms with Crippen molar-refractivity contribution < 1.29 is 24.3 Å². The van der Waals surface area contributed by atoms with Gasteiger partial charge >= 0.3 is 5.97 Å². The van der Waals surface area contributed by atoms with Gasteiger partial charge in [-0.25, -0.2) is 9.78 Å². The van der Waals surface area contributed by atoms with E-state index >= 15 is 0 Å². The largest absolute Gasteiger partial charge is 0.480 e. The highest BCUT2D eigenvalue weighted by Crippen LogP contribution is 2.23. The maximum atomic E-state index is 13.1. The zero-order valence-electron chi connectivity index (χ0n) is 15.0. The molecule has 1 unspecified atom stereocenters. The second-order valence-corrected chi connectivity index (χ2v) is 6.76. The van der Waals surface area contributed by atoms with E-state index in [1.54, 1.807) is 25.1 Å². The predicted molar refractivity (Wildman–Crippen MR) is 94.7 cm³/mol. The molecule has 0 aliphatic carbocycles. The molecule has 2 fully saturated rings. The summed E-state index contributed by atoms with van der Waals surface area (Å²) in [6, 6.07) is 2.46. The van der Waals surface area contributed by atoms with Gasteiger partial charge in [-0.2, -0.15) is 0 Å². The monoisotopic (exact) mass is 374 g/mol. The quantitative estimate of drug-likeness (QED) is 0.757. The summed E-state index contributed by atoms with van der Waals surface area (Å²) in [7, 11) is 0. The minimum atomic E-state index is -1.05. The second kappa shape index (κ2) is 7.73. The Morgan fingerprint density at radius 1 is 1.33 bits per heavy atom. The van der Waals surface area contributed by atoms with Crippen LogP contribution in [0, 0.1) is 0 Å². The summed E-state index contributed by atoms with van der Waals surface area (Å²) in [5.41, 5.74) is 0. The van der Waals surface area contributed by atoms with Gasteiger partial charge in [-0.15, -0.1) is 0 Å². The molecule has 3 amide bonds. The Bertz CT molecular complexity index is 753. The summed E-state index contributed by atoms with van der Waals surface area (Å²) in [6.45, 7) is 1.90. The van der Waals surface area contributed by atoms with Crippen molar-refractivity contribution in [3.05, 3.63) is 24.4 Å². The van der Waals surface area contributed by atoms with Gasteiger partial charge in [-0.1, -0.05) is 6.07 Å². The average molecular weight is 374 g/mol. The zero-order chi connectivity index (χ0) is 19.6. The molecule has 9 heteroatoms. The number of hydrogen-bond acceptors (Lipinski definition) is 5. The van der Waals surface area contributed by atoms with Gasteiger partial charge in [-0.05, 0) is 38.3 Å². The van der Waals surface area contributed by atoms with Crippen LogP contribution in [0.15, 0.2) is 24.4 Å². The molecule has 3 heterocycles. The lowest BCUT2D eigenvalue weighted by molar-refractivity contribution is -0.148. The van der Waals surface area contributed by atoms with Gasteiger partial charge in [0.25, 0.3) is 5.91 Å². The van der Waals surface area contributed by atoms with Crippen LogP contribution >= 0.6 is 0 Å². The van der Waals surface area contributed by atoms with Crippen LogP contribution in [-0.2, 0) is 19.2 Å². The summed E-state index contributed by atoms with van der Waals surface area (Å²) >= 11 is 0. The first-order valence-electron chi connectivity index (χ1n) is 8.97. The Hall–Kier alpha value is -2.97. The van der Waals surface area contributed by atoms with E-state index in [4.69, 9.17) is 0 Å². The standard InChI is InChI=1S/C18H22N4O5/c1-11(16(24)21-10-4-5-13(21)18(26)27)22(14-6-2-3-9-19-14)17(25)12-7-8-15(23)20-12/h2-3,6,9,11-13H,4-5,7-8,10H2,1H3,(H,20,23)(H,26,27)/t11?,12-,13-/m0/s1. The molecule has 3 atom stereocenters. The summed E-state index contributed by atoms with van der Waals surface area (Å²) in [5, 5.41) is 12.0. The smallest absolute Gasteiger partial charge is 0.326 e. The van der Waals surface area contributed by atoms with E-state index < -0.39 is 35.9 Å². The van der Waals surface area contributed by atoms with Crippen molar-refractivity contribution in [2.24, 2.45) is 0 Å². The number of carboxylic acid groups (broad SMARTS) is 1. The molecule has 0 saturated carbocycles. The molecule has 0 spiro atoms. The predicted octanol–water partition coefficient (Wildman–Crippen LogP) is 0.157. The molecule has 27 heavy (non-hydrogen) atoms. The lowest BCUT2D eigenvalue weighted by atomic mass is 10.1. The van der Waals surface area contributed by atoms with Crippen molar-refractivity contribution in [2.75, 3.05) is 11.4 Å². The van der Waals surface area contributed by atoms with Crippen LogP contribution in [0.1, 0.15) is 32.6 Å². The Labute approximate surface area is 156 Å². The molecule has 2 N–H and O–H groups in total. The molecular weight excluding hydrogens is 352 g/mol. The highest BCUT2D eigenvalue weighted by atomic mass is 16.4. The molecule has 9 nitrogen and oxygen atoms in total. The van der Waals surface area contributed by atoms with Gasteiger partial charge in [0.15, 0.2) is 0 Å². The Kier molecular flexibility index (Phi) is 5.38. The number of amides is 3. The van der Waals surface area contributed by atoms with Crippen LogP contribution in [0.4, 0.5) is 5.82 Å². The van der Waals surface area contributed by atoms with E-state index in [1.807, 2.05) is 0 Å². The van der Waals surface area contributed by atoms with Gasteiger partial charge in [-0.3, -0.25) is 19.3 Å². The number of likely N-dealkylation sites (tertiary alicyclic amines) is 1. The Morgan fingerprint density at radius 2 is 2.11 bits per heavy atom. The zero-order valence-corrected chi connectivity index (χ0v) is 15.0. The fourth-order valence-electron chi connectivity index (χ4n) is 3.60. The molecule has 1 aromatic heterocycles. The Balaban J connectivity index is 1.88. The van der Waals surface area contributed by atoms with E-state index in [9.17, 15) is 24.3 Å². The van der Waals surface area contributed by atoms with Crippen molar-refractivity contribution in [3.63, 3.8) is 0 Å². The van der Waals surface area contributed by atoms with Crippen LogP contribution in [0.25, 0.3) is 0 Å². The first-order valence-corrected chi connectivity index (χ1v) is 8.97. The van der Waals surface area contributed by atoms with Crippen LogP contribution in [0.2, 0.25) is 0 Å². The maximum absolute atomic E-state index is 13.1. The molecule has 0 aromatic carbocycles. The minimum absolute atomic E-state index is 0.209. The second-order valence-electron chi connectivity index (χ2n) is 6.76. The molecule has 144 valence electrons.